The zero-order valence-electron chi connectivity index (χ0n) is 13.8. The van der Waals surface area contributed by atoms with Crippen molar-refractivity contribution in [2.75, 3.05) is 31.3 Å². The number of amides is 2. The highest BCUT2D eigenvalue weighted by Gasteiger charge is 2.10. The molecule has 128 valence electrons. The van der Waals surface area contributed by atoms with Gasteiger partial charge in [-0.15, -0.1) is 0 Å². The number of benzene rings is 2. The van der Waals surface area contributed by atoms with E-state index in [2.05, 4.69) is 10.6 Å². The van der Waals surface area contributed by atoms with E-state index in [1.165, 1.54) is 11.0 Å². The summed E-state index contributed by atoms with van der Waals surface area (Å²) in [7, 11) is 3.35. The number of nitriles is 1. The molecule has 0 bridgehead atoms. The highest BCUT2D eigenvalue weighted by Crippen LogP contribution is 2.20. The van der Waals surface area contributed by atoms with E-state index < -0.39 is 0 Å². The van der Waals surface area contributed by atoms with Crippen LogP contribution in [-0.2, 0) is 4.79 Å². The summed E-state index contributed by atoms with van der Waals surface area (Å²) in [4.78, 5) is 25.5. The van der Waals surface area contributed by atoms with Crippen LogP contribution >= 0.6 is 11.6 Å². The molecule has 2 aromatic rings. The van der Waals surface area contributed by atoms with Crippen LogP contribution in [-0.4, -0.2) is 37.4 Å². The van der Waals surface area contributed by atoms with Gasteiger partial charge in [0.15, 0.2) is 0 Å². The van der Waals surface area contributed by atoms with Crippen LogP contribution in [0, 0.1) is 11.3 Å². The Morgan fingerprint density at radius 2 is 1.96 bits per heavy atom. The monoisotopic (exact) mass is 356 g/mol. The number of anilines is 2. The smallest absolute Gasteiger partial charge is 0.253 e. The third-order valence-corrected chi connectivity index (χ3v) is 3.58. The number of nitrogens with one attached hydrogen (secondary N) is 2. The molecule has 6 nitrogen and oxygen atoms in total. The second-order valence-corrected chi connectivity index (χ2v) is 5.92. The molecule has 0 aliphatic rings. The van der Waals surface area contributed by atoms with Crippen LogP contribution in [0.2, 0.25) is 5.02 Å². The Kier molecular flexibility index (Phi) is 5.98. The molecular weight excluding hydrogens is 340 g/mol. The summed E-state index contributed by atoms with van der Waals surface area (Å²) < 4.78 is 0. The van der Waals surface area contributed by atoms with Gasteiger partial charge in [-0.05, 0) is 36.4 Å². The maximum atomic E-state index is 12.1. The largest absolute Gasteiger partial charge is 0.376 e. The molecule has 0 fully saturated rings. The Morgan fingerprint density at radius 1 is 1.20 bits per heavy atom. The number of hydrogen-bond acceptors (Lipinski definition) is 4. The van der Waals surface area contributed by atoms with Crippen LogP contribution in [0.4, 0.5) is 11.4 Å². The minimum Gasteiger partial charge on any atom is -0.376 e. The Hall–Kier alpha value is -3.04. The number of carbonyl (C=O) groups excluding carboxylic acids is 2. The maximum absolute atomic E-state index is 12.1. The third kappa shape index (κ3) is 4.96. The quantitative estimate of drug-likeness (QED) is 0.862. The molecule has 2 rings (SSSR count). The summed E-state index contributed by atoms with van der Waals surface area (Å²) in [6, 6.07) is 13.5. The highest BCUT2D eigenvalue weighted by atomic mass is 35.5. The van der Waals surface area contributed by atoms with Gasteiger partial charge in [0.05, 0.1) is 17.8 Å². The lowest BCUT2D eigenvalue weighted by molar-refractivity contribution is -0.114. The summed E-state index contributed by atoms with van der Waals surface area (Å²) in [6.07, 6.45) is 0. The first-order valence-electron chi connectivity index (χ1n) is 7.46. The summed E-state index contributed by atoms with van der Waals surface area (Å²) in [5.74, 6) is -0.450. The van der Waals surface area contributed by atoms with Gasteiger partial charge in [-0.1, -0.05) is 17.7 Å². The lowest BCUT2D eigenvalue weighted by atomic mass is 10.2. The number of rotatable bonds is 5. The average molecular weight is 357 g/mol. The molecule has 2 aromatic carbocycles. The predicted octanol–water partition coefficient (Wildman–Crippen LogP) is 2.96. The van der Waals surface area contributed by atoms with E-state index in [9.17, 15) is 9.59 Å². The molecule has 2 N–H and O–H groups in total. The summed E-state index contributed by atoms with van der Waals surface area (Å²) in [6.45, 7) is -0.0169. The molecule has 0 unspecified atom stereocenters. The zero-order chi connectivity index (χ0) is 18.4. The Morgan fingerprint density at radius 3 is 2.64 bits per heavy atom. The van der Waals surface area contributed by atoms with Crippen molar-refractivity contribution in [2.45, 2.75) is 0 Å². The van der Waals surface area contributed by atoms with Crippen LogP contribution in [0.5, 0.6) is 0 Å². The van der Waals surface area contributed by atoms with Crippen molar-refractivity contribution in [2.24, 2.45) is 0 Å². The molecule has 0 aliphatic carbocycles. The first kappa shape index (κ1) is 18.3. The molecule has 0 heterocycles. The van der Waals surface area contributed by atoms with E-state index in [4.69, 9.17) is 16.9 Å². The van der Waals surface area contributed by atoms with Gasteiger partial charge in [-0.3, -0.25) is 9.59 Å². The molecule has 0 atom stereocenters. The van der Waals surface area contributed by atoms with Gasteiger partial charge in [0.2, 0.25) is 5.91 Å². The van der Waals surface area contributed by atoms with Crippen molar-refractivity contribution in [3.8, 4) is 6.07 Å². The first-order valence-corrected chi connectivity index (χ1v) is 7.83. The van der Waals surface area contributed by atoms with Crippen molar-refractivity contribution >= 4 is 34.8 Å². The fourth-order valence-corrected chi connectivity index (χ4v) is 2.29. The van der Waals surface area contributed by atoms with Gasteiger partial charge in [-0.25, -0.2) is 0 Å². The van der Waals surface area contributed by atoms with E-state index in [1.54, 1.807) is 50.5 Å². The molecule has 25 heavy (non-hydrogen) atoms. The van der Waals surface area contributed by atoms with E-state index in [0.29, 0.717) is 27.5 Å². The number of nitrogens with zero attached hydrogens (tertiary/aromatic N) is 2. The number of halogens is 1. The normalized spacial score (nSPS) is 9.84. The number of carbonyl (C=O) groups is 2. The topological polar surface area (TPSA) is 85.2 Å². The Labute approximate surface area is 151 Å². The maximum Gasteiger partial charge on any atom is 0.253 e. The molecule has 0 saturated heterocycles. The van der Waals surface area contributed by atoms with Crippen molar-refractivity contribution in [1.29, 1.82) is 5.26 Å². The molecule has 0 aromatic heterocycles. The van der Waals surface area contributed by atoms with Gasteiger partial charge in [0, 0.05) is 30.4 Å². The average Bonchev–Trinajstić information content (AvgIpc) is 2.59. The van der Waals surface area contributed by atoms with E-state index in [-0.39, 0.29) is 18.4 Å². The first-order chi connectivity index (χ1) is 11.9. The molecule has 0 spiro atoms. The van der Waals surface area contributed by atoms with Crippen LogP contribution < -0.4 is 10.6 Å². The van der Waals surface area contributed by atoms with Crippen LogP contribution in [0.25, 0.3) is 0 Å². The second kappa shape index (κ2) is 8.18. The van der Waals surface area contributed by atoms with Crippen LogP contribution in [0.1, 0.15) is 15.9 Å². The van der Waals surface area contributed by atoms with Crippen molar-refractivity contribution in [3.63, 3.8) is 0 Å². The zero-order valence-corrected chi connectivity index (χ0v) is 14.6. The van der Waals surface area contributed by atoms with Crippen molar-refractivity contribution in [1.82, 2.24) is 4.90 Å². The molecule has 0 saturated carbocycles. The van der Waals surface area contributed by atoms with E-state index in [1.807, 2.05) is 6.07 Å². The molecule has 2 amide bonds. The lowest BCUT2D eigenvalue weighted by Crippen LogP contribution is -2.23. The SMILES string of the molecule is CN(C)C(=O)c1cccc(NCC(=O)Nc2cc(Cl)ccc2C#N)c1. The van der Waals surface area contributed by atoms with Crippen molar-refractivity contribution in [3.05, 3.63) is 58.6 Å². The Balaban J connectivity index is 2.01. The molecule has 0 aliphatic heterocycles. The van der Waals surface area contributed by atoms with Gasteiger partial charge >= 0.3 is 0 Å². The van der Waals surface area contributed by atoms with Gasteiger partial charge in [-0.2, -0.15) is 5.26 Å². The standard InChI is InChI=1S/C18H17ClN4O2/c1-23(2)18(25)12-4-3-5-15(8-12)21-11-17(24)22-16-9-14(19)7-6-13(16)10-20/h3-9,21H,11H2,1-2H3,(H,22,24). The molecule has 0 radical (unpaired) electrons. The van der Waals surface area contributed by atoms with E-state index >= 15 is 0 Å². The minimum absolute atomic E-state index is 0.0169. The number of hydrogen-bond donors (Lipinski definition) is 2. The fraction of sp³-hybridized carbons (Fsp3) is 0.167. The molecule has 7 heteroatoms. The summed E-state index contributed by atoms with van der Waals surface area (Å²) in [5.41, 5.74) is 1.86. The van der Waals surface area contributed by atoms with Gasteiger partial charge in [0.25, 0.3) is 5.91 Å². The minimum atomic E-state index is -0.330. The lowest BCUT2D eigenvalue weighted by Gasteiger charge is -2.12. The third-order valence-electron chi connectivity index (χ3n) is 3.34. The second-order valence-electron chi connectivity index (χ2n) is 5.48. The fourth-order valence-electron chi connectivity index (χ4n) is 2.11. The predicted molar refractivity (Wildman–Crippen MR) is 97.7 cm³/mol. The van der Waals surface area contributed by atoms with Crippen LogP contribution in [0.15, 0.2) is 42.5 Å². The van der Waals surface area contributed by atoms with Crippen LogP contribution in [0.3, 0.4) is 0 Å². The van der Waals surface area contributed by atoms with Gasteiger partial charge in [0.1, 0.15) is 6.07 Å². The van der Waals surface area contributed by atoms with Gasteiger partial charge < -0.3 is 15.5 Å². The van der Waals surface area contributed by atoms with Crippen molar-refractivity contribution < 1.29 is 9.59 Å². The summed E-state index contributed by atoms with van der Waals surface area (Å²) >= 11 is 5.89. The van der Waals surface area contributed by atoms with E-state index in [0.717, 1.165) is 0 Å². The summed E-state index contributed by atoms with van der Waals surface area (Å²) in [5, 5.41) is 15.1. The Bertz CT molecular complexity index is 843. The highest BCUT2D eigenvalue weighted by molar-refractivity contribution is 6.31. The molecular formula is C18H17ClN4O2.